The van der Waals surface area contributed by atoms with Gasteiger partial charge in [-0.2, -0.15) is 0 Å². The van der Waals surface area contributed by atoms with E-state index in [4.69, 9.17) is 0 Å². The lowest BCUT2D eigenvalue weighted by Gasteiger charge is -2.35. The lowest BCUT2D eigenvalue weighted by Crippen LogP contribution is -2.29. The monoisotopic (exact) mass is 503 g/mol. The van der Waals surface area contributed by atoms with Gasteiger partial charge in [0.1, 0.15) is 0 Å². The molecule has 1 heteroatoms. The summed E-state index contributed by atoms with van der Waals surface area (Å²) in [5.74, 6) is 0. The highest BCUT2D eigenvalue weighted by Gasteiger charge is 2.46. The minimum atomic E-state index is -0.390. The van der Waals surface area contributed by atoms with Crippen LogP contribution in [0.3, 0.4) is 0 Å². The van der Waals surface area contributed by atoms with E-state index in [1.54, 1.807) is 0 Å². The van der Waals surface area contributed by atoms with Gasteiger partial charge in [0, 0.05) is 11.4 Å². The summed E-state index contributed by atoms with van der Waals surface area (Å²) in [5, 5.41) is 3.73. The van der Waals surface area contributed by atoms with Crippen LogP contribution in [-0.4, -0.2) is 0 Å². The summed E-state index contributed by atoms with van der Waals surface area (Å²) in [5.41, 5.74) is 12.2. The summed E-state index contributed by atoms with van der Waals surface area (Å²) >= 11 is 0. The van der Waals surface area contributed by atoms with Crippen molar-refractivity contribution in [3.05, 3.63) is 173 Å². The molecule has 0 bridgehead atoms. The molecule has 1 aliphatic carbocycles. The number of hydrogen-bond acceptors (Lipinski definition) is 1. The van der Waals surface area contributed by atoms with Crippen molar-refractivity contribution in [2.75, 3.05) is 5.32 Å². The van der Waals surface area contributed by atoms with Crippen LogP contribution in [-0.2, 0) is 5.41 Å². The highest BCUT2D eigenvalue weighted by molar-refractivity contribution is 5.89. The van der Waals surface area contributed by atoms with Gasteiger partial charge < -0.3 is 5.32 Å². The molecule has 1 N–H and O–H groups in total. The fraction of sp³-hybridized carbons (Fsp3) is 0.105. The predicted molar refractivity (Wildman–Crippen MR) is 166 cm³/mol. The molecule has 0 spiro atoms. The van der Waals surface area contributed by atoms with E-state index in [9.17, 15) is 0 Å². The van der Waals surface area contributed by atoms with E-state index in [1.807, 2.05) is 0 Å². The van der Waals surface area contributed by atoms with E-state index in [0.29, 0.717) is 0 Å². The third-order valence-electron chi connectivity index (χ3n) is 7.84. The first-order valence-corrected chi connectivity index (χ1v) is 13.8. The molecule has 1 nitrogen and oxygen atoms in total. The van der Waals surface area contributed by atoms with Gasteiger partial charge in [-0.05, 0) is 82.1 Å². The maximum Gasteiger partial charge on any atom is 0.0710 e. The van der Waals surface area contributed by atoms with Crippen molar-refractivity contribution in [3.8, 4) is 11.1 Å². The molecular weight excluding hydrogens is 470 g/mol. The Morgan fingerprint density at radius 1 is 0.615 bits per heavy atom. The van der Waals surface area contributed by atoms with Crippen LogP contribution in [0.2, 0.25) is 0 Å². The van der Waals surface area contributed by atoms with Crippen molar-refractivity contribution in [3.63, 3.8) is 0 Å². The zero-order valence-corrected chi connectivity index (χ0v) is 22.6. The quantitative estimate of drug-likeness (QED) is 0.233. The number of rotatable bonds is 7. The molecule has 5 aromatic rings. The first-order chi connectivity index (χ1) is 19.3. The van der Waals surface area contributed by atoms with Crippen molar-refractivity contribution in [1.29, 1.82) is 0 Å². The molecule has 39 heavy (non-hydrogen) atoms. The molecule has 0 aromatic heterocycles. The Morgan fingerprint density at radius 2 is 1.21 bits per heavy atom. The Morgan fingerprint density at radius 3 is 1.82 bits per heavy atom. The molecule has 0 atom stereocenters. The topological polar surface area (TPSA) is 12.0 Å². The van der Waals surface area contributed by atoms with Gasteiger partial charge in [-0.1, -0.05) is 128 Å². The fourth-order valence-electron chi connectivity index (χ4n) is 6.22. The van der Waals surface area contributed by atoms with Crippen molar-refractivity contribution in [1.82, 2.24) is 0 Å². The third kappa shape index (κ3) is 4.30. The molecule has 0 aliphatic heterocycles. The van der Waals surface area contributed by atoms with Crippen LogP contribution in [0.25, 0.3) is 16.7 Å². The van der Waals surface area contributed by atoms with Gasteiger partial charge in [-0.3, -0.25) is 0 Å². The molecule has 190 valence electrons. The minimum absolute atomic E-state index is 0.390. The van der Waals surface area contributed by atoms with E-state index in [2.05, 4.69) is 165 Å². The van der Waals surface area contributed by atoms with Crippen LogP contribution in [0, 0.1) is 0 Å². The van der Waals surface area contributed by atoms with Crippen molar-refractivity contribution in [2.45, 2.75) is 25.7 Å². The average molecular weight is 504 g/mol. The largest absolute Gasteiger partial charge is 0.355 e. The van der Waals surface area contributed by atoms with Gasteiger partial charge in [-0.25, -0.2) is 0 Å². The molecule has 0 radical (unpaired) electrons. The Balaban J connectivity index is 1.53. The average Bonchev–Trinajstić information content (AvgIpc) is 3.28. The van der Waals surface area contributed by atoms with Crippen molar-refractivity contribution < 1.29 is 0 Å². The summed E-state index contributed by atoms with van der Waals surface area (Å²) in [4.78, 5) is 0. The molecule has 0 fully saturated rings. The Bertz CT molecular complexity index is 1600. The third-order valence-corrected chi connectivity index (χ3v) is 7.84. The Hall–Kier alpha value is -4.62. The van der Waals surface area contributed by atoms with Crippen molar-refractivity contribution >= 4 is 16.9 Å². The second-order valence-corrected chi connectivity index (χ2v) is 10.1. The predicted octanol–water partition coefficient (Wildman–Crippen LogP) is 10.2. The molecule has 0 saturated heterocycles. The maximum absolute atomic E-state index is 3.73. The molecule has 1 aliphatic rings. The summed E-state index contributed by atoms with van der Waals surface area (Å²) in [7, 11) is 0. The van der Waals surface area contributed by atoms with Crippen LogP contribution in [0.1, 0.15) is 42.5 Å². The first kappa shape index (κ1) is 24.7. The zero-order valence-electron chi connectivity index (χ0n) is 22.6. The lowest BCUT2D eigenvalue weighted by atomic mass is 9.66. The first-order valence-electron chi connectivity index (χ1n) is 13.8. The number of anilines is 2. The van der Waals surface area contributed by atoms with Gasteiger partial charge in [0.25, 0.3) is 0 Å². The van der Waals surface area contributed by atoms with E-state index >= 15 is 0 Å². The second-order valence-electron chi connectivity index (χ2n) is 10.1. The molecular formula is C38H33N. The molecule has 6 rings (SSSR count). The molecule has 5 aromatic carbocycles. The van der Waals surface area contributed by atoms with Gasteiger partial charge in [0.05, 0.1) is 5.41 Å². The SMILES string of the molecule is C/C=C\C1=C(CC)c2ccc(Nc3cccc(-c4ccccc4)c3)cc2C1(c1ccccc1)c1ccccc1. The van der Waals surface area contributed by atoms with Crippen LogP contribution >= 0.6 is 0 Å². The van der Waals surface area contributed by atoms with E-state index in [1.165, 1.54) is 44.5 Å². The Labute approximate surface area is 232 Å². The van der Waals surface area contributed by atoms with Crippen LogP contribution in [0.5, 0.6) is 0 Å². The highest BCUT2D eigenvalue weighted by atomic mass is 14.9. The van der Waals surface area contributed by atoms with Crippen molar-refractivity contribution in [2.24, 2.45) is 0 Å². The normalized spacial score (nSPS) is 14.0. The summed E-state index contributed by atoms with van der Waals surface area (Å²) in [6.45, 7) is 4.40. The number of allylic oxidation sites excluding steroid dienone is 4. The fourth-order valence-corrected chi connectivity index (χ4v) is 6.22. The second kappa shape index (κ2) is 10.6. The van der Waals surface area contributed by atoms with Crippen LogP contribution in [0.15, 0.2) is 151 Å². The van der Waals surface area contributed by atoms with Gasteiger partial charge in [0.2, 0.25) is 0 Å². The Kier molecular flexibility index (Phi) is 6.73. The van der Waals surface area contributed by atoms with E-state index < -0.39 is 0 Å². The zero-order chi connectivity index (χ0) is 26.7. The molecule has 0 saturated carbocycles. The maximum atomic E-state index is 3.73. The van der Waals surface area contributed by atoms with Crippen LogP contribution < -0.4 is 5.32 Å². The summed E-state index contributed by atoms with van der Waals surface area (Å²) in [6, 6.07) is 48.1. The van der Waals surface area contributed by atoms with Gasteiger partial charge >= 0.3 is 0 Å². The minimum Gasteiger partial charge on any atom is -0.355 e. The smallest absolute Gasteiger partial charge is 0.0710 e. The van der Waals surface area contributed by atoms with Crippen LogP contribution in [0.4, 0.5) is 11.4 Å². The molecule has 0 heterocycles. The number of nitrogens with one attached hydrogen (secondary N) is 1. The lowest BCUT2D eigenvalue weighted by molar-refractivity contribution is 0.760. The molecule has 0 unspecified atom stereocenters. The van der Waals surface area contributed by atoms with Gasteiger partial charge in [-0.15, -0.1) is 0 Å². The highest BCUT2D eigenvalue weighted by Crippen LogP contribution is 2.56. The molecule has 0 amide bonds. The van der Waals surface area contributed by atoms with E-state index in [0.717, 1.165) is 17.8 Å². The summed E-state index contributed by atoms with van der Waals surface area (Å²) in [6.07, 6.45) is 5.49. The number of benzene rings is 5. The summed E-state index contributed by atoms with van der Waals surface area (Å²) < 4.78 is 0. The van der Waals surface area contributed by atoms with Gasteiger partial charge in [0.15, 0.2) is 0 Å². The standard InChI is InChI=1S/C38H33N/c1-3-15-36-34(4-2)35-25-24-33(39-32-23-14-18-29(26-32)28-16-8-5-9-17-28)27-37(35)38(36,30-19-10-6-11-20-30)31-21-12-7-13-22-31/h3,5-27,39H,4H2,1-2H3/b15-3-. The number of fused-ring (bicyclic) bond motifs is 1. The van der Waals surface area contributed by atoms with E-state index in [-0.39, 0.29) is 5.41 Å². The number of hydrogen-bond donors (Lipinski definition) is 1.